The van der Waals surface area contributed by atoms with E-state index in [9.17, 15) is 14.4 Å². The average Bonchev–Trinajstić information content (AvgIpc) is 3.73. The fraction of sp³-hybridized carbons (Fsp3) is 0.945. The van der Waals surface area contributed by atoms with Gasteiger partial charge in [-0.1, -0.05) is 202 Å². The molecule has 0 saturated carbocycles. The SMILES string of the molecule is CCCCCCCCC(CCCCCCCC)OC(=O)CCCCCCCOC=O.CCCCCCCCCCCC(C)CC.CCCOC1CCN(CCCCCC(C)=O)C1. The summed E-state index contributed by atoms with van der Waals surface area (Å²) in [6.45, 7) is 20.7. The monoisotopic (exact) mass is 880 g/mol. The first kappa shape index (κ1) is 62.6. The number of unbranched alkanes of at least 4 members (excludes halogenated alkanes) is 24. The number of Topliss-reactive ketones (excluding diaryl/α,β-unsaturated/α-hetero) is 1. The van der Waals surface area contributed by atoms with Gasteiger partial charge < -0.3 is 23.9 Å². The minimum Gasteiger partial charge on any atom is -0.468 e. The van der Waals surface area contributed by atoms with Gasteiger partial charge in [-0.05, 0) is 83.6 Å². The van der Waals surface area contributed by atoms with Crippen LogP contribution in [0.25, 0.3) is 0 Å². The summed E-state index contributed by atoms with van der Waals surface area (Å²) in [5.74, 6) is 1.26. The van der Waals surface area contributed by atoms with Gasteiger partial charge in [-0.3, -0.25) is 9.59 Å². The number of likely N-dealkylation sites (tertiary alicyclic amines) is 1. The maximum Gasteiger partial charge on any atom is 0.306 e. The van der Waals surface area contributed by atoms with Crippen molar-refractivity contribution >= 4 is 18.2 Å². The number of ketones is 1. The van der Waals surface area contributed by atoms with Crippen LogP contribution in [0.1, 0.15) is 286 Å². The van der Waals surface area contributed by atoms with Crippen molar-refractivity contribution in [3.05, 3.63) is 0 Å². The van der Waals surface area contributed by atoms with Crippen LogP contribution in [0.5, 0.6) is 0 Å². The first-order chi connectivity index (χ1) is 30.3. The van der Waals surface area contributed by atoms with Crippen LogP contribution < -0.4 is 0 Å². The first-order valence-electron chi connectivity index (χ1n) is 27.4. The number of ether oxygens (including phenoxy) is 3. The molecule has 0 spiro atoms. The van der Waals surface area contributed by atoms with Crippen molar-refractivity contribution in [3.63, 3.8) is 0 Å². The Balaban J connectivity index is 0. The lowest BCUT2D eigenvalue weighted by Gasteiger charge is -2.18. The Morgan fingerprint density at radius 3 is 1.53 bits per heavy atom. The third-order valence-electron chi connectivity index (χ3n) is 12.6. The number of carbonyl (C=O) groups is 3. The molecule has 1 saturated heterocycles. The summed E-state index contributed by atoms with van der Waals surface area (Å²) in [6.07, 6.45) is 46.0. The van der Waals surface area contributed by atoms with Crippen LogP contribution >= 0.6 is 0 Å². The lowest BCUT2D eigenvalue weighted by molar-refractivity contribution is -0.150. The number of nitrogens with zero attached hydrogens (tertiary/aromatic N) is 1. The minimum atomic E-state index is -0.0127. The molecule has 2 unspecified atom stereocenters. The maximum absolute atomic E-state index is 12.3. The van der Waals surface area contributed by atoms with Gasteiger partial charge in [0, 0.05) is 32.5 Å². The number of esters is 1. The molecule has 2 atom stereocenters. The van der Waals surface area contributed by atoms with E-state index in [0.717, 1.165) is 83.3 Å². The van der Waals surface area contributed by atoms with E-state index in [2.05, 4.69) is 51.2 Å². The topological polar surface area (TPSA) is 82.1 Å². The van der Waals surface area contributed by atoms with Gasteiger partial charge in [0.25, 0.3) is 6.47 Å². The number of rotatable bonds is 44. The van der Waals surface area contributed by atoms with Crippen LogP contribution in [-0.4, -0.2) is 68.2 Å². The largest absolute Gasteiger partial charge is 0.468 e. The van der Waals surface area contributed by atoms with E-state index >= 15 is 0 Å². The molecular formula is C55H109NO6. The molecule has 1 fully saturated rings. The van der Waals surface area contributed by atoms with Crippen molar-refractivity contribution in [1.82, 2.24) is 4.90 Å². The molecule has 0 amide bonds. The van der Waals surface area contributed by atoms with Crippen LogP contribution in [0.3, 0.4) is 0 Å². The van der Waals surface area contributed by atoms with E-state index in [4.69, 9.17) is 9.47 Å². The van der Waals surface area contributed by atoms with Gasteiger partial charge in [-0.15, -0.1) is 0 Å². The number of hydrogen-bond donors (Lipinski definition) is 0. The van der Waals surface area contributed by atoms with Crippen molar-refractivity contribution in [2.75, 3.05) is 32.8 Å². The van der Waals surface area contributed by atoms with Crippen LogP contribution in [0.15, 0.2) is 0 Å². The van der Waals surface area contributed by atoms with Gasteiger partial charge in [0.05, 0.1) is 12.7 Å². The van der Waals surface area contributed by atoms with Crippen LogP contribution in [-0.2, 0) is 28.6 Å². The molecule has 370 valence electrons. The highest BCUT2D eigenvalue weighted by Crippen LogP contribution is 2.19. The van der Waals surface area contributed by atoms with Crippen molar-refractivity contribution in [2.45, 2.75) is 298 Å². The second kappa shape index (κ2) is 52.2. The Hall–Kier alpha value is -1.47. The molecule has 1 aliphatic rings. The summed E-state index contributed by atoms with van der Waals surface area (Å²) in [6, 6.07) is 0. The van der Waals surface area contributed by atoms with Crippen molar-refractivity contribution in [1.29, 1.82) is 0 Å². The molecule has 0 radical (unpaired) electrons. The third kappa shape index (κ3) is 49.5. The molecule has 0 aromatic carbocycles. The quantitative estimate of drug-likeness (QED) is 0.0342. The lowest BCUT2D eigenvalue weighted by Crippen LogP contribution is -2.24. The first-order valence-corrected chi connectivity index (χ1v) is 27.4. The second-order valence-electron chi connectivity index (χ2n) is 18.9. The lowest BCUT2D eigenvalue weighted by atomic mass is 9.99. The third-order valence-corrected chi connectivity index (χ3v) is 12.6. The molecule has 0 N–H and O–H groups in total. The van der Waals surface area contributed by atoms with Gasteiger partial charge in [-0.25, -0.2) is 0 Å². The fourth-order valence-electron chi connectivity index (χ4n) is 8.16. The zero-order valence-electron chi connectivity index (χ0n) is 42.9. The zero-order chi connectivity index (χ0) is 46.0. The molecule has 1 rings (SSSR count). The van der Waals surface area contributed by atoms with Gasteiger partial charge in [-0.2, -0.15) is 0 Å². The smallest absolute Gasteiger partial charge is 0.306 e. The maximum atomic E-state index is 12.3. The summed E-state index contributed by atoms with van der Waals surface area (Å²) in [7, 11) is 0. The van der Waals surface area contributed by atoms with Gasteiger partial charge in [0.2, 0.25) is 0 Å². The van der Waals surface area contributed by atoms with Crippen LogP contribution in [0, 0.1) is 5.92 Å². The predicted octanol–water partition coefficient (Wildman–Crippen LogP) is 16.5. The van der Waals surface area contributed by atoms with Gasteiger partial charge >= 0.3 is 5.97 Å². The molecule has 7 nitrogen and oxygen atoms in total. The number of hydrogen-bond acceptors (Lipinski definition) is 7. The van der Waals surface area contributed by atoms with E-state index in [1.54, 1.807) is 6.92 Å². The number of carbonyl (C=O) groups excluding carboxylic acids is 3. The van der Waals surface area contributed by atoms with E-state index in [1.165, 1.54) is 180 Å². The Morgan fingerprint density at radius 2 is 1.03 bits per heavy atom. The summed E-state index contributed by atoms with van der Waals surface area (Å²) < 4.78 is 16.3. The zero-order valence-corrected chi connectivity index (χ0v) is 42.9. The molecule has 0 aromatic rings. The molecule has 1 aliphatic heterocycles. The summed E-state index contributed by atoms with van der Waals surface area (Å²) >= 11 is 0. The van der Waals surface area contributed by atoms with Crippen LogP contribution in [0.2, 0.25) is 0 Å². The van der Waals surface area contributed by atoms with Crippen molar-refractivity contribution in [2.24, 2.45) is 5.92 Å². The highest BCUT2D eigenvalue weighted by Gasteiger charge is 2.22. The van der Waals surface area contributed by atoms with Crippen LogP contribution in [0.4, 0.5) is 0 Å². The summed E-state index contributed by atoms with van der Waals surface area (Å²) in [5, 5.41) is 0. The average molecular weight is 880 g/mol. The molecule has 0 aliphatic carbocycles. The summed E-state index contributed by atoms with van der Waals surface area (Å²) in [4.78, 5) is 35.6. The van der Waals surface area contributed by atoms with Crippen molar-refractivity contribution in [3.8, 4) is 0 Å². The minimum absolute atomic E-state index is 0.0127. The fourth-order valence-corrected chi connectivity index (χ4v) is 8.16. The van der Waals surface area contributed by atoms with E-state index in [-0.39, 0.29) is 12.1 Å². The van der Waals surface area contributed by atoms with Gasteiger partial charge in [0.1, 0.15) is 11.9 Å². The molecule has 62 heavy (non-hydrogen) atoms. The Kier molecular flexibility index (Phi) is 52.7. The highest BCUT2D eigenvalue weighted by atomic mass is 16.5. The van der Waals surface area contributed by atoms with Crippen molar-refractivity contribution < 1.29 is 28.6 Å². The molecular weight excluding hydrogens is 771 g/mol. The Morgan fingerprint density at radius 1 is 0.565 bits per heavy atom. The second-order valence-corrected chi connectivity index (χ2v) is 18.9. The Bertz CT molecular complexity index is 898. The van der Waals surface area contributed by atoms with E-state index in [0.29, 0.717) is 31.4 Å². The molecule has 7 heteroatoms. The van der Waals surface area contributed by atoms with Gasteiger partial charge in [0.15, 0.2) is 0 Å². The standard InChI is InChI=1S/C26H50O4.C15H32.C14H27NO2/c1-3-5-7-9-12-16-20-25(21-17-13-10-8-6-4-2)30-26(28)22-18-14-11-15-19-23-29-24-27;1-4-6-7-8-9-10-11-12-13-14-15(3)5-2;1-3-11-17-14-8-10-15(12-14)9-6-4-5-7-13(2)16/h24-25H,3-23H2,1-2H3;15H,4-14H2,1-3H3;14H,3-12H2,1-2H3. The molecule has 0 bridgehead atoms. The molecule has 1 heterocycles. The van der Waals surface area contributed by atoms with E-state index in [1.807, 2.05) is 0 Å². The normalized spacial score (nSPS) is 14.2. The molecule has 0 aromatic heterocycles. The predicted molar refractivity (Wildman–Crippen MR) is 267 cm³/mol. The van der Waals surface area contributed by atoms with E-state index < -0.39 is 0 Å². The highest BCUT2D eigenvalue weighted by molar-refractivity contribution is 5.75. The Labute approximate surface area is 387 Å². The summed E-state index contributed by atoms with van der Waals surface area (Å²) in [5.41, 5.74) is 0.